The molecule has 1 amide bonds. The SMILES string of the molecule is COCC1(CNC(=O)COC(C)C)CCC1. The normalized spacial score (nSPS) is 18.2. The van der Waals surface area contributed by atoms with Gasteiger partial charge in [0.15, 0.2) is 0 Å². The van der Waals surface area contributed by atoms with Crippen molar-refractivity contribution in [1.82, 2.24) is 5.32 Å². The lowest BCUT2D eigenvalue weighted by Crippen LogP contribution is -2.46. The van der Waals surface area contributed by atoms with Crippen molar-refractivity contribution in [3.05, 3.63) is 0 Å². The summed E-state index contributed by atoms with van der Waals surface area (Å²) in [5, 5.41) is 2.92. The van der Waals surface area contributed by atoms with Crippen molar-refractivity contribution in [3.8, 4) is 0 Å². The molecular formula is C12H23NO3. The van der Waals surface area contributed by atoms with Gasteiger partial charge in [-0.3, -0.25) is 4.79 Å². The van der Waals surface area contributed by atoms with E-state index in [1.54, 1.807) is 7.11 Å². The van der Waals surface area contributed by atoms with E-state index < -0.39 is 0 Å². The summed E-state index contributed by atoms with van der Waals surface area (Å²) in [7, 11) is 1.71. The van der Waals surface area contributed by atoms with E-state index in [1.807, 2.05) is 13.8 Å². The van der Waals surface area contributed by atoms with E-state index >= 15 is 0 Å². The van der Waals surface area contributed by atoms with E-state index in [1.165, 1.54) is 6.42 Å². The zero-order chi connectivity index (χ0) is 12.0. The molecule has 0 aromatic carbocycles. The second-order valence-electron chi connectivity index (χ2n) is 4.92. The lowest BCUT2D eigenvalue weighted by molar-refractivity contribution is -0.128. The van der Waals surface area contributed by atoms with Crippen LogP contribution in [0.3, 0.4) is 0 Å². The molecule has 94 valence electrons. The molecule has 0 heterocycles. The number of methoxy groups -OCH3 is 1. The Morgan fingerprint density at radius 1 is 1.44 bits per heavy atom. The topological polar surface area (TPSA) is 47.6 Å². The molecule has 4 heteroatoms. The van der Waals surface area contributed by atoms with Gasteiger partial charge in [0.2, 0.25) is 5.91 Å². The molecule has 0 radical (unpaired) electrons. The van der Waals surface area contributed by atoms with Crippen molar-refractivity contribution < 1.29 is 14.3 Å². The summed E-state index contributed by atoms with van der Waals surface area (Å²) < 4.78 is 10.4. The van der Waals surface area contributed by atoms with Gasteiger partial charge in [0.05, 0.1) is 12.7 Å². The number of carbonyl (C=O) groups is 1. The van der Waals surface area contributed by atoms with Crippen molar-refractivity contribution in [2.24, 2.45) is 5.41 Å². The summed E-state index contributed by atoms with van der Waals surface area (Å²) in [6.07, 6.45) is 3.63. The molecule has 0 aromatic rings. The molecule has 1 rings (SSSR count). The molecule has 0 aromatic heterocycles. The second kappa shape index (κ2) is 6.21. The summed E-state index contributed by atoms with van der Waals surface area (Å²) in [6, 6.07) is 0. The van der Waals surface area contributed by atoms with Crippen LogP contribution in [0.2, 0.25) is 0 Å². The van der Waals surface area contributed by atoms with Crippen molar-refractivity contribution >= 4 is 5.91 Å². The minimum absolute atomic E-state index is 0.0314. The molecule has 1 aliphatic rings. The van der Waals surface area contributed by atoms with E-state index in [-0.39, 0.29) is 24.0 Å². The lowest BCUT2D eigenvalue weighted by atomic mass is 9.69. The van der Waals surface area contributed by atoms with E-state index in [0.29, 0.717) is 6.54 Å². The molecule has 1 aliphatic carbocycles. The third kappa shape index (κ3) is 4.10. The molecule has 16 heavy (non-hydrogen) atoms. The Morgan fingerprint density at radius 3 is 2.56 bits per heavy atom. The van der Waals surface area contributed by atoms with Crippen molar-refractivity contribution in [3.63, 3.8) is 0 Å². The third-order valence-electron chi connectivity index (χ3n) is 3.07. The van der Waals surface area contributed by atoms with Crippen LogP contribution in [-0.2, 0) is 14.3 Å². The average molecular weight is 229 g/mol. The summed E-state index contributed by atoms with van der Waals surface area (Å²) in [5.41, 5.74) is 0.183. The Hall–Kier alpha value is -0.610. The number of nitrogens with one attached hydrogen (secondary N) is 1. The minimum atomic E-state index is -0.0314. The number of hydrogen-bond donors (Lipinski definition) is 1. The maximum absolute atomic E-state index is 11.5. The van der Waals surface area contributed by atoms with Crippen molar-refractivity contribution in [2.75, 3.05) is 26.9 Å². The molecule has 0 bridgehead atoms. The second-order valence-corrected chi connectivity index (χ2v) is 4.92. The van der Waals surface area contributed by atoms with E-state index in [9.17, 15) is 4.79 Å². The predicted molar refractivity (Wildman–Crippen MR) is 62.3 cm³/mol. The molecule has 0 unspecified atom stereocenters. The minimum Gasteiger partial charge on any atom is -0.384 e. The highest BCUT2D eigenvalue weighted by molar-refractivity contribution is 5.77. The number of hydrogen-bond acceptors (Lipinski definition) is 3. The van der Waals surface area contributed by atoms with Crippen LogP contribution < -0.4 is 5.32 Å². The number of rotatable bonds is 7. The van der Waals surface area contributed by atoms with Gasteiger partial charge in [-0.05, 0) is 26.7 Å². The maximum Gasteiger partial charge on any atom is 0.246 e. The first-order valence-corrected chi connectivity index (χ1v) is 5.95. The zero-order valence-electron chi connectivity index (χ0n) is 10.5. The summed E-state index contributed by atoms with van der Waals surface area (Å²) >= 11 is 0. The highest BCUT2D eigenvalue weighted by Gasteiger charge is 2.37. The van der Waals surface area contributed by atoms with Gasteiger partial charge in [0.1, 0.15) is 6.61 Å². The molecule has 0 aliphatic heterocycles. The van der Waals surface area contributed by atoms with E-state index in [2.05, 4.69) is 5.32 Å². The van der Waals surface area contributed by atoms with E-state index in [4.69, 9.17) is 9.47 Å². The maximum atomic E-state index is 11.5. The van der Waals surface area contributed by atoms with Gasteiger partial charge < -0.3 is 14.8 Å². The Balaban J connectivity index is 2.19. The van der Waals surface area contributed by atoms with Crippen LogP contribution in [0.15, 0.2) is 0 Å². The van der Waals surface area contributed by atoms with Gasteiger partial charge in [0, 0.05) is 19.1 Å². The van der Waals surface area contributed by atoms with Gasteiger partial charge in [0.25, 0.3) is 0 Å². The number of ether oxygens (including phenoxy) is 2. The average Bonchev–Trinajstić information content (AvgIpc) is 2.18. The highest BCUT2D eigenvalue weighted by Crippen LogP contribution is 2.40. The van der Waals surface area contributed by atoms with Crippen molar-refractivity contribution in [1.29, 1.82) is 0 Å². The van der Waals surface area contributed by atoms with Gasteiger partial charge in [-0.15, -0.1) is 0 Å². The summed E-state index contributed by atoms with van der Waals surface area (Å²) in [6.45, 7) is 5.44. The molecule has 1 N–H and O–H groups in total. The van der Waals surface area contributed by atoms with Gasteiger partial charge in [-0.1, -0.05) is 6.42 Å². The predicted octanol–water partition coefficient (Wildman–Crippen LogP) is 1.34. The number of carbonyl (C=O) groups excluding carboxylic acids is 1. The summed E-state index contributed by atoms with van der Waals surface area (Å²) in [4.78, 5) is 11.5. The fourth-order valence-electron chi connectivity index (χ4n) is 1.93. The third-order valence-corrected chi connectivity index (χ3v) is 3.07. The molecule has 0 atom stereocenters. The number of amides is 1. The van der Waals surface area contributed by atoms with Gasteiger partial charge in [-0.2, -0.15) is 0 Å². The molecule has 1 fully saturated rings. The molecular weight excluding hydrogens is 206 g/mol. The molecule has 0 spiro atoms. The van der Waals surface area contributed by atoms with Crippen LogP contribution in [0.5, 0.6) is 0 Å². The largest absolute Gasteiger partial charge is 0.384 e. The van der Waals surface area contributed by atoms with Crippen LogP contribution in [-0.4, -0.2) is 38.9 Å². The van der Waals surface area contributed by atoms with Crippen LogP contribution in [0.25, 0.3) is 0 Å². The zero-order valence-corrected chi connectivity index (χ0v) is 10.5. The first-order chi connectivity index (χ1) is 7.58. The van der Waals surface area contributed by atoms with Gasteiger partial charge >= 0.3 is 0 Å². The Kier molecular flexibility index (Phi) is 5.22. The Labute approximate surface area is 97.7 Å². The summed E-state index contributed by atoms with van der Waals surface area (Å²) in [5.74, 6) is -0.0314. The first-order valence-electron chi connectivity index (χ1n) is 5.95. The lowest BCUT2D eigenvalue weighted by Gasteiger charge is -2.41. The first kappa shape index (κ1) is 13.5. The smallest absolute Gasteiger partial charge is 0.246 e. The van der Waals surface area contributed by atoms with Crippen LogP contribution in [0.1, 0.15) is 33.1 Å². The molecule has 4 nitrogen and oxygen atoms in total. The fraction of sp³-hybridized carbons (Fsp3) is 0.917. The van der Waals surface area contributed by atoms with E-state index in [0.717, 1.165) is 19.4 Å². The Bertz CT molecular complexity index is 224. The van der Waals surface area contributed by atoms with Crippen LogP contribution in [0.4, 0.5) is 0 Å². The van der Waals surface area contributed by atoms with Crippen LogP contribution >= 0.6 is 0 Å². The van der Waals surface area contributed by atoms with Crippen molar-refractivity contribution in [2.45, 2.75) is 39.2 Å². The molecule has 1 saturated carbocycles. The van der Waals surface area contributed by atoms with Crippen LogP contribution in [0, 0.1) is 5.41 Å². The van der Waals surface area contributed by atoms with Gasteiger partial charge in [-0.25, -0.2) is 0 Å². The highest BCUT2D eigenvalue weighted by atomic mass is 16.5. The standard InChI is InChI=1S/C12H23NO3/c1-10(2)16-7-11(14)13-8-12(9-15-3)5-4-6-12/h10H,4-9H2,1-3H3,(H,13,14). The Morgan fingerprint density at radius 2 is 2.12 bits per heavy atom. The fourth-order valence-corrected chi connectivity index (χ4v) is 1.93. The quantitative estimate of drug-likeness (QED) is 0.716. The monoisotopic (exact) mass is 229 g/mol. The molecule has 0 saturated heterocycles.